The van der Waals surface area contributed by atoms with Gasteiger partial charge < -0.3 is 10.1 Å². The molecule has 9 heteroatoms. The largest absolute Gasteiger partial charge is 0.467 e. The third-order valence-electron chi connectivity index (χ3n) is 5.72. The van der Waals surface area contributed by atoms with Crippen LogP contribution in [0, 0.1) is 0 Å². The maximum atomic E-state index is 13.4. The summed E-state index contributed by atoms with van der Waals surface area (Å²) in [5.41, 5.74) is 3.27. The number of aromatic nitrogens is 1. The van der Waals surface area contributed by atoms with Crippen molar-refractivity contribution in [1.82, 2.24) is 10.3 Å². The van der Waals surface area contributed by atoms with Crippen LogP contribution >= 0.6 is 34.4 Å². The van der Waals surface area contributed by atoms with Gasteiger partial charge in [0.1, 0.15) is 11.0 Å². The number of amides is 1. The van der Waals surface area contributed by atoms with Crippen LogP contribution in [-0.2, 0) is 27.2 Å². The van der Waals surface area contributed by atoms with Gasteiger partial charge >= 0.3 is 5.97 Å². The number of thiazole rings is 1. The van der Waals surface area contributed by atoms with Crippen molar-refractivity contribution in [2.75, 3.05) is 7.11 Å². The number of thiophene rings is 1. The summed E-state index contributed by atoms with van der Waals surface area (Å²) in [7, 11) is 1.31. The highest BCUT2D eigenvalue weighted by atomic mass is 32.2. The van der Waals surface area contributed by atoms with Gasteiger partial charge in [-0.15, -0.1) is 22.7 Å². The van der Waals surface area contributed by atoms with Gasteiger partial charge in [-0.25, -0.2) is 9.78 Å². The molecule has 190 valence electrons. The maximum absolute atomic E-state index is 13.4. The molecular formula is C28H26N2O4S3. The Bertz CT molecular complexity index is 1350. The Balaban J connectivity index is 1.84. The second kappa shape index (κ2) is 12.8. The number of carbonyl (C=O) groups is 3. The standard InChI is InChI=1S/C28H26N2O4S3/c1-3-24(31)30-23(27(32)34-2)16-19-11-12-21(26-29-13-15-36-26)25(22(19)17-20-10-7-14-35-20)37-28(33)18-8-5-4-6-9-18/h4-15,23H,3,16-17H2,1-2H3,(H,30,31)/t23-/m0/s1. The SMILES string of the molecule is CCC(=O)N[C@@H](Cc1ccc(-c2nccs2)c(SC(=O)c2ccccc2)c1Cc1cccs1)C(=O)OC. The van der Waals surface area contributed by atoms with Gasteiger partial charge in [0.05, 0.1) is 7.11 Å². The number of carbonyl (C=O) groups excluding carboxylic acids is 3. The number of esters is 1. The van der Waals surface area contributed by atoms with Gasteiger partial charge in [0.15, 0.2) is 0 Å². The number of ether oxygens (including phenoxy) is 1. The first-order valence-corrected chi connectivity index (χ1v) is 14.3. The summed E-state index contributed by atoms with van der Waals surface area (Å²) < 4.78 is 4.99. The van der Waals surface area contributed by atoms with E-state index < -0.39 is 12.0 Å². The molecule has 1 amide bonds. The van der Waals surface area contributed by atoms with E-state index in [1.807, 2.05) is 47.2 Å². The molecule has 37 heavy (non-hydrogen) atoms. The molecule has 0 aliphatic rings. The number of nitrogens with zero attached hydrogens (tertiary/aromatic N) is 1. The molecule has 0 aliphatic carbocycles. The third kappa shape index (κ3) is 6.74. The average Bonchev–Trinajstić information content (AvgIpc) is 3.64. The van der Waals surface area contributed by atoms with Gasteiger partial charge in [-0.2, -0.15) is 0 Å². The molecule has 0 radical (unpaired) electrons. The number of hydrogen-bond donors (Lipinski definition) is 1. The summed E-state index contributed by atoms with van der Waals surface area (Å²) in [6.07, 6.45) is 2.82. The van der Waals surface area contributed by atoms with Crippen LogP contribution in [0.1, 0.15) is 39.7 Å². The van der Waals surface area contributed by atoms with Crippen molar-refractivity contribution >= 4 is 51.4 Å². The summed E-state index contributed by atoms with van der Waals surface area (Å²) in [5.74, 6) is -0.745. The summed E-state index contributed by atoms with van der Waals surface area (Å²) in [4.78, 5) is 44.6. The number of hydrogen-bond acceptors (Lipinski definition) is 8. The van der Waals surface area contributed by atoms with E-state index in [1.165, 1.54) is 30.2 Å². The van der Waals surface area contributed by atoms with Crippen molar-refractivity contribution in [3.63, 3.8) is 0 Å². The van der Waals surface area contributed by atoms with Gasteiger partial charge in [-0.1, -0.05) is 55.5 Å². The van der Waals surface area contributed by atoms with Crippen molar-refractivity contribution in [3.05, 3.63) is 93.1 Å². The van der Waals surface area contributed by atoms with Crippen molar-refractivity contribution in [2.45, 2.75) is 37.1 Å². The van der Waals surface area contributed by atoms with E-state index in [0.29, 0.717) is 12.0 Å². The van der Waals surface area contributed by atoms with E-state index in [9.17, 15) is 14.4 Å². The zero-order chi connectivity index (χ0) is 26.2. The number of rotatable bonds is 10. The van der Waals surface area contributed by atoms with Gasteiger partial charge in [-0.3, -0.25) is 9.59 Å². The van der Waals surface area contributed by atoms with Crippen molar-refractivity contribution in [1.29, 1.82) is 0 Å². The molecule has 6 nitrogen and oxygen atoms in total. The third-order valence-corrected chi connectivity index (χ3v) is 8.50. The van der Waals surface area contributed by atoms with Crippen LogP contribution in [0.4, 0.5) is 0 Å². The quantitative estimate of drug-likeness (QED) is 0.192. The van der Waals surface area contributed by atoms with Crippen LogP contribution in [0.3, 0.4) is 0 Å². The van der Waals surface area contributed by atoms with Gasteiger partial charge in [0.2, 0.25) is 11.0 Å². The lowest BCUT2D eigenvalue weighted by atomic mass is 9.95. The first-order valence-electron chi connectivity index (χ1n) is 11.7. The highest BCUT2D eigenvalue weighted by Gasteiger charge is 2.26. The Kier molecular flexibility index (Phi) is 9.27. The van der Waals surface area contributed by atoms with Crippen molar-refractivity contribution in [2.24, 2.45) is 0 Å². The fourth-order valence-electron chi connectivity index (χ4n) is 3.86. The number of thioether (sulfide) groups is 1. The normalized spacial score (nSPS) is 11.6. The lowest BCUT2D eigenvalue weighted by Crippen LogP contribution is -2.43. The summed E-state index contributed by atoms with van der Waals surface area (Å²) in [6.45, 7) is 1.73. The molecule has 0 spiro atoms. The van der Waals surface area contributed by atoms with Gasteiger partial charge in [0, 0.05) is 51.7 Å². The topological polar surface area (TPSA) is 85.4 Å². The molecule has 1 atom stereocenters. The molecule has 0 saturated heterocycles. The van der Waals surface area contributed by atoms with Gasteiger partial charge in [-0.05, 0) is 34.3 Å². The van der Waals surface area contributed by atoms with E-state index in [1.54, 1.807) is 36.6 Å². The lowest BCUT2D eigenvalue weighted by molar-refractivity contribution is -0.145. The number of benzene rings is 2. The average molecular weight is 551 g/mol. The Morgan fingerprint density at radius 3 is 2.49 bits per heavy atom. The Morgan fingerprint density at radius 1 is 1.03 bits per heavy atom. The van der Waals surface area contributed by atoms with Crippen molar-refractivity contribution < 1.29 is 19.1 Å². The minimum absolute atomic E-state index is 0.0770. The zero-order valence-electron chi connectivity index (χ0n) is 20.4. The van der Waals surface area contributed by atoms with E-state index in [0.717, 1.165) is 31.5 Å². The molecular weight excluding hydrogens is 525 g/mol. The summed E-state index contributed by atoms with van der Waals surface area (Å²) in [5, 5.41) is 7.44. The molecule has 2 aromatic carbocycles. The van der Waals surface area contributed by atoms with Gasteiger partial charge in [0.25, 0.3) is 0 Å². The maximum Gasteiger partial charge on any atom is 0.328 e. The fraction of sp³-hybridized carbons (Fsp3) is 0.214. The monoisotopic (exact) mass is 550 g/mol. The first kappa shape index (κ1) is 26.8. The molecule has 0 bridgehead atoms. The summed E-state index contributed by atoms with van der Waals surface area (Å²) in [6, 6.07) is 16.3. The van der Waals surface area contributed by atoms with Crippen LogP contribution in [0.25, 0.3) is 10.6 Å². The van der Waals surface area contributed by atoms with Crippen LogP contribution in [0.15, 0.2) is 76.4 Å². The molecule has 1 N–H and O–H groups in total. The molecule has 0 aliphatic heterocycles. The predicted molar refractivity (Wildman–Crippen MR) is 149 cm³/mol. The first-order chi connectivity index (χ1) is 18.0. The van der Waals surface area contributed by atoms with Crippen LogP contribution in [0.5, 0.6) is 0 Å². The predicted octanol–water partition coefficient (Wildman–Crippen LogP) is 6.01. The van der Waals surface area contributed by atoms with E-state index in [2.05, 4.69) is 16.4 Å². The molecule has 2 heterocycles. The molecule has 4 rings (SSSR count). The van der Waals surface area contributed by atoms with Crippen molar-refractivity contribution in [3.8, 4) is 10.6 Å². The number of methoxy groups -OCH3 is 1. The van der Waals surface area contributed by atoms with E-state index >= 15 is 0 Å². The van der Waals surface area contributed by atoms with E-state index in [-0.39, 0.29) is 23.9 Å². The molecule has 0 saturated carbocycles. The lowest BCUT2D eigenvalue weighted by Gasteiger charge is -2.21. The van der Waals surface area contributed by atoms with Crippen LogP contribution < -0.4 is 5.32 Å². The smallest absolute Gasteiger partial charge is 0.328 e. The second-order valence-electron chi connectivity index (χ2n) is 8.13. The number of nitrogens with one attached hydrogen (secondary N) is 1. The summed E-state index contributed by atoms with van der Waals surface area (Å²) >= 11 is 4.31. The Morgan fingerprint density at radius 2 is 1.84 bits per heavy atom. The highest BCUT2D eigenvalue weighted by Crippen LogP contribution is 2.40. The molecule has 4 aromatic rings. The van der Waals surface area contributed by atoms with Crippen LogP contribution in [0.2, 0.25) is 0 Å². The Labute approximate surface area is 228 Å². The highest BCUT2D eigenvalue weighted by molar-refractivity contribution is 8.14. The molecule has 0 fully saturated rings. The molecule has 2 aromatic heterocycles. The fourth-order valence-corrected chi connectivity index (χ4v) is 6.35. The minimum Gasteiger partial charge on any atom is -0.467 e. The van der Waals surface area contributed by atoms with Crippen LogP contribution in [-0.4, -0.2) is 35.1 Å². The second-order valence-corrected chi connectivity index (χ2v) is 11.0. The van der Waals surface area contributed by atoms with E-state index in [4.69, 9.17) is 4.74 Å². The Hall–Kier alpha value is -3.27. The zero-order valence-corrected chi connectivity index (χ0v) is 22.9. The minimum atomic E-state index is -0.840. The molecule has 0 unspecified atom stereocenters.